The largest absolute Gasteiger partial charge is 0.496 e. The van der Waals surface area contributed by atoms with E-state index < -0.39 is 11.8 Å². The zero-order valence-electron chi connectivity index (χ0n) is 17.3. The Balaban J connectivity index is 1.49. The number of rotatable bonds is 5. The Labute approximate surface area is 209 Å². The van der Waals surface area contributed by atoms with Crippen LogP contribution in [0.15, 0.2) is 72.8 Å². The maximum Gasteiger partial charge on any atom is 0.269 e. The van der Waals surface area contributed by atoms with E-state index >= 15 is 0 Å². The summed E-state index contributed by atoms with van der Waals surface area (Å²) in [6.07, 6.45) is 0. The van der Waals surface area contributed by atoms with E-state index in [4.69, 9.17) is 17.0 Å². The minimum atomic E-state index is -0.466. The van der Waals surface area contributed by atoms with Gasteiger partial charge < -0.3 is 10.1 Å². The Morgan fingerprint density at radius 3 is 2.06 bits per heavy atom. The molecule has 3 aromatic carbocycles. The molecule has 0 heterocycles. The number of anilines is 1. The van der Waals surface area contributed by atoms with Gasteiger partial charge in [0.1, 0.15) is 5.75 Å². The van der Waals surface area contributed by atoms with Crippen molar-refractivity contribution in [2.75, 3.05) is 12.4 Å². The second-order valence-electron chi connectivity index (χ2n) is 6.61. The molecule has 3 rings (SSSR count). The van der Waals surface area contributed by atoms with Crippen LogP contribution in [0.4, 0.5) is 5.69 Å². The molecule has 4 N–H and O–H groups in total. The second-order valence-corrected chi connectivity index (χ2v) is 8.18. The molecule has 0 aliphatic heterocycles. The first-order valence-electron chi connectivity index (χ1n) is 9.59. The number of hydrogen-bond acceptors (Lipinski definition) is 5. The number of amides is 3. The lowest BCUT2D eigenvalue weighted by Gasteiger charge is -2.12. The van der Waals surface area contributed by atoms with Crippen molar-refractivity contribution in [1.29, 1.82) is 0 Å². The number of carbonyl (C=O) groups is 3. The third-order valence-corrected chi connectivity index (χ3v) is 5.42. The molecule has 0 aliphatic rings. The molecule has 10 heteroatoms. The summed E-state index contributed by atoms with van der Waals surface area (Å²) in [5.74, 6) is -0.486. The predicted molar refractivity (Wildman–Crippen MR) is 137 cm³/mol. The van der Waals surface area contributed by atoms with Crippen molar-refractivity contribution in [3.63, 3.8) is 0 Å². The van der Waals surface area contributed by atoms with Gasteiger partial charge in [0.25, 0.3) is 17.7 Å². The number of halogens is 1. The smallest absolute Gasteiger partial charge is 0.269 e. The molecule has 0 fully saturated rings. The van der Waals surface area contributed by atoms with E-state index in [0.717, 1.165) is 3.57 Å². The van der Waals surface area contributed by atoms with Gasteiger partial charge in [-0.15, -0.1) is 0 Å². The molecule has 0 atom stereocenters. The maximum absolute atomic E-state index is 12.3. The molecular weight excluding hydrogens is 555 g/mol. The molecule has 33 heavy (non-hydrogen) atoms. The molecule has 0 unspecified atom stereocenters. The number of thiocarbonyl (C=S) groups is 1. The molecule has 0 aliphatic carbocycles. The zero-order chi connectivity index (χ0) is 23.8. The summed E-state index contributed by atoms with van der Waals surface area (Å²) in [5, 5.41) is 5.18. The highest BCUT2D eigenvalue weighted by Crippen LogP contribution is 2.21. The zero-order valence-corrected chi connectivity index (χ0v) is 20.3. The Bertz CT molecular complexity index is 1190. The minimum Gasteiger partial charge on any atom is -0.496 e. The number of hydrazine groups is 1. The van der Waals surface area contributed by atoms with Crippen LogP contribution in [0.25, 0.3) is 0 Å². The standard InChI is InChI=1S/C23H19IN4O4S/c1-32-19-12-9-16(13-18(19)24)21(30)26-23(33)28-27-22(31)15-7-10-17(11-8-15)25-20(29)14-5-3-2-4-6-14/h2-13H,1H3,(H,25,29)(H,27,31)(H2,26,28,30,33). The average molecular weight is 574 g/mol. The van der Waals surface area contributed by atoms with Gasteiger partial charge in [-0.05, 0) is 89.4 Å². The molecule has 3 aromatic rings. The molecule has 3 amide bonds. The van der Waals surface area contributed by atoms with E-state index in [1.807, 2.05) is 6.07 Å². The van der Waals surface area contributed by atoms with E-state index in [9.17, 15) is 14.4 Å². The molecule has 0 aromatic heterocycles. The molecule has 0 saturated heterocycles. The fourth-order valence-corrected chi connectivity index (χ4v) is 3.58. The summed E-state index contributed by atoms with van der Waals surface area (Å²) in [6, 6.07) is 20.1. The summed E-state index contributed by atoms with van der Waals surface area (Å²) < 4.78 is 5.94. The van der Waals surface area contributed by atoms with Crippen molar-refractivity contribution >= 4 is 63.3 Å². The number of hydrogen-bond donors (Lipinski definition) is 4. The number of carbonyl (C=O) groups excluding carboxylic acids is 3. The summed E-state index contributed by atoms with van der Waals surface area (Å²) in [7, 11) is 1.55. The third kappa shape index (κ3) is 6.73. The molecule has 0 saturated carbocycles. The Kier molecular flexibility index (Phi) is 8.33. The lowest BCUT2D eigenvalue weighted by molar-refractivity contribution is 0.0934. The molecule has 8 nitrogen and oxygen atoms in total. The first kappa shape index (κ1) is 24.1. The normalized spacial score (nSPS) is 10.0. The minimum absolute atomic E-state index is 0.0640. The van der Waals surface area contributed by atoms with Crippen molar-refractivity contribution in [2.24, 2.45) is 0 Å². The Morgan fingerprint density at radius 2 is 1.42 bits per heavy atom. The monoisotopic (exact) mass is 574 g/mol. The van der Waals surface area contributed by atoms with E-state index in [-0.39, 0.29) is 11.0 Å². The van der Waals surface area contributed by atoms with E-state index in [1.165, 1.54) is 0 Å². The Morgan fingerprint density at radius 1 is 0.788 bits per heavy atom. The van der Waals surface area contributed by atoms with Crippen LogP contribution in [0.1, 0.15) is 31.1 Å². The van der Waals surface area contributed by atoms with Gasteiger partial charge >= 0.3 is 0 Å². The van der Waals surface area contributed by atoms with Crippen LogP contribution in [-0.4, -0.2) is 29.9 Å². The van der Waals surface area contributed by atoms with Crippen LogP contribution < -0.4 is 26.2 Å². The van der Waals surface area contributed by atoms with Crippen molar-refractivity contribution < 1.29 is 19.1 Å². The number of methoxy groups -OCH3 is 1. The van der Waals surface area contributed by atoms with Gasteiger partial charge in [-0.1, -0.05) is 18.2 Å². The summed E-state index contributed by atoms with van der Waals surface area (Å²) in [6.45, 7) is 0. The van der Waals surface area contributed by atoms with Gasteiger partial charge in [0.15, 0.2) is 5.11 Å². The maximum atomic E-state index is 12.3. The van der Waals surface area contributed by atoms with Gasteiger partial charge in [-0.2, -0.15) is 0 Å². The van der Waals surface area contributed by atoms with Crippen molar-refractivity contribution in [3.8, 4) is 5.75 Å². The van der Waals surface area contributed by atoms with Crippen LogP contribution in [0.2, 0.25) is 0 Å². The fraction of sp³-hybridized carbons (Fsp3) is 0.0435. The molecule has 0 bridgehead atoms. The van der Waals surface area contributed by atoms with E-state index in [1.54, 1.807) is 73.8 Å². The van der Waals surface area contributed by atoms with Crippen molar-refractivity contribution in [1.82, 2.24) is 16.2 Å². The topological polar surface area (TPSA) is 109 Å². The summed E-state index contributed by atoms with van der Waals surface area (Å²) >= 11 is 7.13. The summed E-state index contributed by atoms with van der Waals surface area (Å²) in [4.78, 5) is 36.8. The van der Waals surface area contributed by atoms with Gasteiger partial charge in [0.05, 0.1) is 10.7 Å². The number of nitrogens with one attached hydrogen (secondary N) is 4. The quantitative estimate of drug-likeness (QED) is 0.211. The highest BCUT2D eigenvalue weighted by atomic mass is 127. The first-order valence-corrected chi connectivity index (χ1v) is 11.1. The predicted octanol–water partition coefficient (Wildman–Crippen LogP) is 3.50. The second kappa shape index (κ2) is 11.4. The van der Waals surface area contributed by atoms with Gasteiger partial charge in [0.2, 0.25) is 0 Å². The van der Waals surface area contributed by atoms with Crippen LogP contribution in [0.3, 0.4) is 0 Å². The number of ether oxygens (including phenoxy) is 1. The third-order valence-electron chi connectivity index (χ3n) is 4.37. The lowest BCUT2D eigenvalue weighted by atomic mass is 10.1. The number of benzene rings is 3. The van der Waals surface area contributed by atoms with Crippen LogP contribution in [-0.2, 0) is 0 Å². The SMILES string of the molecule is COc1ccc(C(=O)NC(=S)NNC(=O)c2ccc(NC(=O)c3ccccc3)cc2)cc1I. The van der Waals surface area contributed by atoms with Crippen molar-refractivity contribution in [2.45, 2.75) is 0 Å². The molecule has 168 valence electrons. The van der Waals surface area contributed by atoms with Gasteiger partial charge in [-0.3, -0.25) is 30.6 Å². The van der Waals surface area contributed by atoms with Crippen LogP contribution >= 0.6 is 34.8 Å². The fourth-order valence-electron chi connectivity index (χ4n) is 2.70. The first-order chi connectivity index (χ1) is 15.9. The van der Waals surface area contributed by atoms with Gasteiger partial charge in [0, 0.05) is 22.4 Å². The van der Waals surface area contributed by atoms with Crippen LogP contribution in [0, 0.1) is 3.57 Å². The van der Waals surface area contributed by atoms with Crippen LogP contribution in [0.5, 0.6) is 5.75 Å². The molecule has 0 radical (unpaired) electrons. The van der Waals surface area contributed by atoms with E-state index in [2.05, 4.69) is 44.1 Å². The highest BCUT2D eigenvalue weighted by molar-refractivity contribution is 14.1. The molecular formula is C23H19IN4O4S. The highest BCUT2D eigenvalue weighted by Gasteiger charge is 2.12. The van der Waals surface area contributed by atoms with E-state index in [0.29, 0.717) is 28.1 Å². The average Bonchev–Trinajstić information content (AvgIpc) is 2.83. The van der Waals surface area contributed by atoms with Crippen molar-refractivity contribution in [3.05, 3.63) is 93.1 Å². The lowest BCUT2D eigenvalue weighted by Crippen LogP contribution is -2.48. The van der Waals surface area contributed by atoms with Gasteiger partial charge in [-0.25, -0.2) is 0 Å². The summed E-state index contributed by atoms with van der Waals surface area (Å²) in [5.41, 5.74) is 6.71. The Hall–Kier alpha value is -3.51. The molecule has 0 spiro atoms.